The van der Waals surface area contributed by atoms with E-state index >= 15 is 0 Å². The summed E-state index contributed by atoms with van der Waals surface area (Å²) in [6, 6.07) is 0. The quantitative estimate of drug-likeness (QED) is 0.804. The molecule has 1 aromatic rings. The van der Waals surface area contributed by atoms with E-state index in [9.17, 15) is 0 Å². The Hall–Kier alpha value is -0.610. The lowest BCUT2D eigenvalue weighted by molar-refractivity contribution is 0.443. The summed E-state index contributed by atoms with van der Waals surface area (Å²) >= 11 is 1.99. The molecule has 2 aliphatic heterocycles. The van der Waals surface area contributed by atoms with Gasteiger partial charge >= 0.3 is 0 Å². The number of hydrogen-bond donors (Lipinski definition) is 1. The zero-order valence-electron chi connectivity index (χ0n) is 9.41. The van der Waals surface area contributed by atoms with Crippen molar-refractivity contribution in [3.63, 3.8) is 0 Å². The fourth-order valence-corrected chi connectivity index (χ4v) is 3.37. The Bertz CT molecular complexity index is 375. The molecule has 0 bridgehead atoms. The molecule has 3 rings (SSSR count). The van der Waals surface area contributed by atoms with Crippen LogP contribution >= 0.6 is 11.8 Å². The van der Waals surface area contributed by atoms with Crippen molar-refractivity contribution in [3.8, 4) is 0 Å². The van der Waals surface area contributed by atoms with Crippen molar-refractivity contribution in [2.75, 3.05) is 18.8 Å². The standard InChI is InChI=1S/C12H17N3S/c1-4-13-5-2-9(1)12-14-7-10-3-6-16-8-11(10)15-12/h7,9,13H,1-6,8H2. The van der Waals surface area contributed by atoms with E-state index in [0.29, 0.717) is 5.92 Å². The minimum Gasteiger partial charge on any atom is -0.317 e. The second kappa shape index (κ2) is 4.72. The van der Waals surface area contributed by atoms with Crippen LogP contribution in [0, 0.1) is 0 Å². The third-order valence-corrected chi connectivity index (χ3v) is 4.40. The summed E-state index contributed by atoms with van der Waals surface area (Å²) in [5.74, 6) is 3.97. The molecule has 3 heterocycles. The van der Waals surface area contributed by atoms with Gasteiger partial charge in [0.05, 0.1) is 5.69 Å². The highest BCUT2D eigenvalue weighted by atomic mass is 32.2. The first-order valence-electron chi connectivity index (χ1n) is 6.06. The molecule has 0 radical (unpaired) electrons. The van der Waals surface area contributed by atoms with Crippen molar-refractivity contribution >= 4 is 11.8 Å². The Morgan fingerprint density at radius 3 is 3.06 bits per heavy atom. The molecule has 0 aliphatic carbocycles. The molecular weight excluding hydrogens is 218 g/mol. The highest BCUT2D eigenvalue weighted by Gasteiger charge is 2.20. The van der Waals surface area contributed by atoms with Crippen LogP contribution in [0.5, 0.6) is 0 Å². The van der Waals surface area contributed by atoms with E-state index in [1.54, 1.807) is 0 Å². The van der Waals surface area contributed by atoms with Gasteiger partial charge in [-0.15, -0.1) is 0 Å². The molecule has 2 aliphatic rings. The topological polar surface area (TPSA) is 37.8 Å². The number of fused-ring (bicyclic) bond motifs is 1. The molecule has 1 N–H and O–H groups in total. The fraction of sp³-hybridized carbons (Fsp3) is 0.667. The van der Waals surface area contributed by atoms with Gasteiger partial charge in [-0.25, -0.2) is 9.97 Å². The highest BCUT2D eigenvalue weighted by Crippen LogP contribution is 2.26. The zero-order valence-corrected chi connectivity index (χ0v) is 10.2. The molecular formula is C12H17N3S. The SMILES string of the molecule is c1nc(C2CCNCC2)nc2c1CCSC2. The summed E-state index contributed by atoms with van der Waals surface area (Å²) in [7, 11) is 0. The molecule has 0 saturated carbocycles. The summed E-state index contributed by atoms with van der Waals surface area (Å²) in [4.78, 5) is 9.34. The van der Waals surface area contributed by atoms with Gasteiger partial charge in [0.15, 0.2) is 0 Å². The molecule has 86 valence electrons. The molecule has 16 heavy (non-hydrogen) atoms. The van der Waals surface area contributed by atoms with E-state index in [4.69, 9.17) is 4.98 Å². The molecule has 0 amide bonds. The second-order valence-electron chi connectivity index (χ2n) is 4.53. The van der Waals surface area contributed by atoms with E-state index < -0.39 is 0 Å². The van der Waals surface area contributed by atoms with E-state index in [1.165, 1.54) is 29.9 Å². The van der Waals surface area contributed by atoms with Crippen LogP contribution in [0.1, 0.15) is 35.8 Å². The van der Waals surface area contributed by atoms with E-state index in [-0.39, 0.29) is 0 Å². The lowest BCUT2D eigenvalue weighted by Crippen LogP contribution is -2.27. The third kappa shape index (κ3) is 2.09. The first-order valence-corrected chi connectivity index (χ1v) is 7.22. The Labute approximate surface area is 100 Å². The van der Waals surface area contributed by atoms with E-state index in [1.807, 2.05) is 11.8 Å². The van der Waals surface area contributed by atoms with Gasteiger partial charge < -0.3 is 5.32 Å². The highest BCUT2D eigenvalue weighted by molar-refractivity contribution is 7.98. The monoisotopic (exact) mass is 235 g/mol. The summed E-state index contributed by atoms with van der Waals surface area (Å²) in [5, 5.41) is 3.39. The minimum absolute atomic E-state index is 0.582. The van der Waals surface area contributed by atoms with E-state index in [2.05, 4.69) is 16.5 Å². The van der Waals surface area contributed by atoms with Gasteiger partial charge in [-0.3, -0.25) is 0 Å². The van der Waals surface area contributed by atoms with Crippen LogP contribution in [0.15, 0.2) is 6.20 Å². The van der Waals surface area contributed by atoms with Gasteiger partial charge in [0, 0.05) is 17.9 Å². The second-order valence-corrected chi connectivity index (χ2v) is 5.63. The molecule has 1 aromatic heterocycles. The molecule has 0 aromatic carbocycles. The molecule has 4 heteroatoms. The maximum absolute atomic E-state index is 4.78. The smallest absolute Gasteiger partial charge is 0.131 e. The van der Waals surface area contributed by atoms with Crippen molar-refractivity contribution in [3.05, 3.63) is 23.3 Å². The number of nitrogens with zero attached hydrogens (tertiary/aromatic N) is 2. The number of piperidine rings is 1. The molecule has 3 nitrogen and oxygen atoms in total. The normalized spacial score (nSPS) is 21.8. The van der Waals surface area contributed by atoms with Crippen LogP contribution in [-0.2, 0) is 12.2 Å². The van der Waals surface area contributed by atoms with Gasteiger partial charge in [0.1, 0.15) is 5.82 Å². The van der Waals surface area contributed by atoms with Gasteiger partial charge in [0.2, 0.25) is 0 Å². The van der Waals surface area contributed by atoms with Crippen molar-refractivity contribution < 1.29 is 0 Å². The third-order valence-electron chi connectivity index (χ3n) is 3.43. The summed E-state index contributed by atoms with van der Waals surface area (Å²) in [6.07, 6.45) is 5.59. The summed E-state index contributed by atoms with van der Waals surface area (Å²) in [6.45, 7) is 2.22. The number of hydrogen-bond acceptors (Lipinski definition) is 4. The minimum atomic E-state index is 0.582. The number of thioether (sulfide) groups is 1. The van der Waals surface area contributed by atoms with Gasteiger partial charge in [-0.05, 0) is 43.7 Å². The lowest BCUT2D eigenvalue weighted by Gasteiger charge is -2.23. The number of aromatic nitrogens is 2. The molecule has 1 fully saturated rings. The molecule has 0 atom stereocenters. The molecule has 0 spiro atoms. The Morgan fingerprint density at radius 1 is 1.31 bits per heavy atom. The maximum atomic E-state index is 4.78. The van der Waals surface area contributed by atoms with Crippen LogP contribution < -0.4 is 5.32 Å². The van der Waals surface area contributed by atoms with Crippen LogP contribution in [-0.4, -0.2) is 28.8 Å². The van der Waals surface area contributed by atoms with E-state index in [0.717, 1.165) is 31.1 Å². The zero-order chi connectivity index (χ0) is 10.8. The predicted molar refractivity (Wildman–Crippen MR) is 66.7 cm³/mol. The molecule has 1 saturated heterocycles. The Kier molecular flexibility index (Phi) is 3.11. The van der Waals surface area contributed by atoms with Gasteiger partial charge in [-0.1, -0.05) is 0 Å². The van der Waals surface area contributed by atoms with Crippen molar-refractivity contribution in [2.24, 2.45) is 0 Å². The number of rotatable bonds is 1. The van der Waals surface area contributed by atoms with Crippen LogP contribution in [0.4, 0.5) is 0 Å². The predicted octanol–water partition coefficient (Wildman–Crippen LogP) is 1.73. The van der Waals surface area contributed by atoms with Crippen LogP contribution in [0.25, 0.3) is 0 Å². The maximum Gasteiger partial charge on any atom is 0.131 e. The van der Waals surface area contributed by atoms with Crippen molar-refractivity contribution in [1.29, 1.82) is 0 Å². The Balaban J connectivity index is 1.84. The molecule has 0 unspecified atom stereocenters. The summed E-state index contributed by atoms with van der Waals surface area (Å²) in [5.41, 5.74) is 2.66. The average Bonchev–Trinajstić information content (AvgIpc) is 2.39. The van der Waals surface area contributed by atoms with Crippen LogP contribution in [0.3, 0.4) is 0 Å². The number of aryl methyl sites for hydroxylation is 1. The lowest BCUT2D eigenvalue weighted by atomic mass is 9.97. The first kappa shape index (κ1) is 10.5. The average molecular weight is 235 g/mol. The van der Waals surface area contributed by atoms with Crippen molar-refractivity contribution in [2.45, 2.75) is 30.9 Å². The van der Waals surface area contributed by atoms with Gasteiger partial charge in [0.25, 0.3) is 0 Å². The summed E-state index contributed by atoms with van der Waals surface area (Å²) < 4.78 is 0. The largest absolute Gasteiger partial charge is 0.317 e. The number of nitrogens with one attached hydrogen (secondary N) is 1. The fourth-order valence-electron chi connectivity index (χ4n) is 2.42. The first-order chi connectivity index (χ1) is 7.93. The van der Waals surface area contributed by atoms with Gasteiger partial charge in [-0.2, -0.15) is 11.8 Å². The van der Waals surface area contributed by atoms with Crippen molar-refractivity contribution in [1.82, 2.24) is 15.3 Å². The van der Waals surface area contributed by atoms with Crippen LogP contribution in [0.2, 0.25) is 0 Å². The Morgan fingerprint density at radius 2 is 2.19 bits per heavy atom.